The number of rotatable bonds is 12. The van der Waals surface area contributed by atoms with Gasteiger partial charge in [0.15, 0.2) is 0 Å². The van der Waals surface area contributed by atoms with E-state index in [1.54, 1.807) is 0 Å². The summed E-state index contributed by atoms with van der Waals surface area (Å²) in [5.74, 6) is 0.668. The summed E-state index contributed by atoms with van der Waals surface area (Å²) in [6, 6.07) is 53.6. The lowest BCUT2D eigenvalue weighted by Gasteiger charge is -2.23. The van der Waals surface area contributed by atoms with Crippen LogP contribution in [-0.2, 0) is 25.7 Å². The highest BCUT2D eigenvalue weighted by Gasteiger charge is 2.16. The Bertz CT molecular complexity index is 1770. The first-order chi connectivity index (χ1) is 29.3. The van der Waals surface area contributed by atoms with E-state index in [9.17, 15) is 0 Å². The van der Waals surface area contributed by atoms with Gasteiger partial charge in [-0.1, -0.05) is 299 Å². The zero-order valence-corrected chi connectivity index (χ0v) is 43.8. The molecule has 5 aromatic rings. The van der Waals surface area contributed by atoms with Crippen LogP contribution in [0.25, 0.3) is 0 Å². The lowest BCUT2D eigenvalue weighted by molar-refractivity contribution is 0.349. The first-order valence-corrected chi connectivity index (χ1v) is 24.5. The zero-order chi connectivity index (χ0) is 47.4. The van der Waals surface area contributed by atoms with E-state index in [-0.39, 0.29) is 29.7 Å². The van der Waals surface area contributed by atoms with Crippen molar-refractivity contribution in [2.24, 2.45) is 27.1 Å². The summed E-state index contributed by atoms with van der Waals surface area (Å²) in [6.45, 7) is 36.7. The minimum atomic E-state index is 0. The van der Waals surface area contributed by atoms with Crippen LogP contribution in [0, 0.1) is 27.1 Å². The van der Waals surface area contributed by atoms with Crippen molar-refractivity contribution in [3.8, 4) is 0 Å². The highest BCUT2D eigenvalue weighted by atomic mass is 14.2. The molecule has 0 nitrogen and oxygen atoms in total. The molecule has 0 heteroatoms. The van der Waals surface area contributed by atoms with E-state index >= 15 is 0 Å². The molecular formula is C67H112. The van der Waals surface area contributed by atoms with Crippen molar-refractivity contribution < 1.29 is 0 Å². The van der Waals surface area contributed by atoms with Gasteiger partial charge < -0.3 is 0 Å². The average molecular weight is 918 g/mol. The van der Waals surface area contributed by atoms with Crippen LogP contribution in [0.2, 0.25) is 0 Å². The van der Waals surface area contributed by atoms with Crippen molar-refractivity contribution in [2.45, 2.75) is 217 Å². The lowest BCUT2D eigenvalue weighted by Crippen LogP contribution is -2.09. The van der Waals surface area contributed by atoms with Crippen molar-refractivity contribution in [2.75, 3.05) is 0 Å². The fourth-order valence-electron chi connectivity index (χ4n) is 7.29. The monoisotopic (exact) mass is 917 g/mol. The molecule has 0 saturated heterocycles. The van der Waals surface area contributed by atoms with E-state index in [0.29, 0.717) is 33.0 Å². The van der Waals surface area contributed by atoms with E-state index in [1.165, 1.54) is 92.0 Å². The topological polar surface area (TPSA) is 0 Å². The van der Waals surface area contributed by atoms with Crippen LogP contribution in [0.4, 0.5) is 0 Å². The van der Waals surface area contributed by atoms with E-state index in [1.807, 2.05) is 0 Å². The molecule has 0 bridgehead atoms. The van der Waals surface area contributed by atoms with Gasteiger partial charge in [-0.3, -0.25) is 0 Å². The average Bonchev–Trinajstić information content (AvgIpc) is 3.19. The third kappa shape index (κ3) is 44.4. The molecule has 380 valence electrons. The lowest BCUT2D eigenvalue weighted by atomic mass is 9.82. The van der Waals surface area contributed by atoms with Gasteiger partial charge in [0.1, 0.15) is 0 Å². The minimum Gasteiger partial charge on any atom is -0.0776 e. The van der Waals surface area contributed by atoms with Gasteiger partial charge in [-0.05, 0) is 125 Å². The molecule has 1 atom stereocenters. The summed E-state index contributed by atoms with van der Waals surface area (Å²) >= 11 is 0. The Labute approximate surface area is 421 Å². The highest BCUT2D eigenvalue weighted by molar-refractivity contribution is 5.19. The molecule has 0 saturated carbocycles. The maximum absolute atomic E-state index is 2.31. The fraction of sp³-hybridized carbons (Fsp3) is 0.552. The Kier molecular flexibility index (Phi) is 37.6. The van der Waals surface area contributed by atoms with Crippen LogP contribution >= 0.6 is 0 Å². The fourth-order valence-corrected chi connectivity index (χ4v) is 7.29. The van der Waals surface area contributed by atoms with Crippen LogP contribution in [0.1, 0.15) is 219 Å². The van der Waals surface area contributed by atoms with Gasteiger partial charge in [0, 0.05) is 0 Å². The van der Waals surface area contributed by atoms with Gasteiger partial charge in [0.2, 0.25) is 0 Å². The van der Waals surface area contributed by atoms with Gasteiger partial charge in [0.05, 0.1) is 0 Å². The molecule has 67 heavy (non-hydrogen) atoms. The molecule has 5 aromatic carbocycles. The van der Waals surface area contributed by atoms with Gasteiger partial charge in [-0.2, -0.15) is 0 Å². The summed E-state index contributed by atoms with van der Waals surface area (Å²) in [7, 11) is 0. The third-order valence-corrected chi connectivity index (χ3v) is 10.6. The maximum Gasteiger partial charge on any atom is -0.0185 e. The van der Waals surface area contributed by atoms with Gasteiger partial charge in [-0.25, -0.2) is 0 Å². The molecule has 0 aromatic heterocycles. The van der Waals surface area contributed by atoms with Gasteiger partial charge in [-0.15, -0.1) is 0 Å². The van der Waals surface area contributed by atoms with Crippen molar-refractivity contribution in [1.29, 1.82) is 0 Å². The van der Waals surface area contributed by atoms with Crippen LogP contribution in [0.15, 0.2) is 152 Å². The second-order valence-electron chi connectivity index (χ2n) is 24.0. The predicted octanol–water partition coefficient (Wildman–Crippen LogP) is 22.2. The number of hydrogen-bond donors (Lipinski definition) is 0. The van der Waals surface area contributed by atoms with Gasteiger partial charge in [0.25, 0.3) is 0 Å². The summed E-state index contributed by atoms with van der Waals surface area (Å²) in [4.78, 5) is 0. The summed E-state index contributed by atoms with van der Waals surface area (Å²) in [6.07, 6.45) is 13.9. The Balaban J connectivity index is -0.000000365. The quantitative estimate of drug-likeness (QED) is 0.109. The highest BCUT2D eigenvalue weighted by Crippen LogP contribution is 2.30. The number of hydrogen-bond acceptors (Lipinski definition) is 0. The van der Waals surface area contributed by atoms with Crippen molar-refractivity contribution in [3.63, 3.8) is 0 Å². The molecule has 5 rings (SSSR count). The number of unbranched alkanes of at least 4 members (excludes halogenated alkanes) is 1. The normalized spacial score (nSPS) is 11.4. The minimum absolute atomic E-state index is 0. The van der Waals surface area contributed by atoms with E-state index in [2.05, 4.69) is 262 Å². The second kappa shape index (κ2) is 36.1. The van der Waals surface area contributed by atoms with Crippen LogP contribution in [-0.4, -0.2) is 0 Å². The molecule has 0 heterocycles. The largest absolute Gasteiger partial charge is 0.0776 e. The van der Waals surface area contributed by atoms with E-state index in [4.69, 9.17) is 0 Å². The van der Waals surface area contributed by atoms with E-state index < -0.39 is 0 Å². The molecule has 0 fully saturated rings. The predicted molar refractivity (Wildman–Crippen MR) is 312 cm³/mol. The molecule has 1 unspecified atom stereocenters. The van der Waals surface area contributed by atoms with Crippen LogP contribution in [0.5, 0.6) is 0 Å². The summed E-state index contributed by atoms with van der Waals surface area (Å²) in [5, 5.41) is 0. The molecule has 0 radical (unpaired) electrons. The van der Waals surface area contributed by atoms with E-state index in [0.717, 1.165) is 6.42 Å². The van der Waals surface area contributed by atoms with Crippen molar-refractivity contribution in [1.82, 2.24) is 0 Å². The van der Waals surface area contributed by atoms with Crippen LogP contribution < -0.4 is 0 Å². The molecular weight excluding hydrogens is 805 g/mol. The molecule has 0 aliphatic carbocycles. The summed E-state index contributed by atoms with van der Waals surface area (Å²) < 4.78 is 0. The Morgan fingerprint density at radius 3 is 0.925 bits per heavy atom. The zero-order valence-electron chi connectivity index (χ0n) is 43.8. The Hall–Kier alpha value is -3.90. The first kappa shape index (κ1) is 69.7. The first-order valence-electron chi connectivity index (χ1n) is 24.5. The second-order valence-corrected chi connectivity index (χ2v) is 24.0. The van der Waals surface area contributed by atoms with Crippen molar-refractivity contribution in [3.05, 3.63) is 179 Å². The molecule has 0 amide bonds. The van der Waals surface area contributed by atoms with Crippen LogP contribution in [0.3, 0.4) is 0 Å². The molecule has 0 aliphatic rings. The molecule has 0 aliphatic heterocycles. The third-order valence-electron chi connectivity index (χ3n) is 10.6. The SMILES string of the molecule is C.C.C.C.CC(C)(C)CCCCc1ccccc1.CC(C)(C)CCCc1ccccc1.CC(C)(C)CCc1ccccc1.CC(C)(C)Cc1ccccc1.CC(CC(C)(C)C)c1ccccc1. The van der Waals surface area contributed by atoms with Gasteiger partial charge >= 0.3 is 0 Å². The Morgan fingerprint density at radius 2 is 0.597 bits per heavy atom. The Morgan fingerprint density at radius 1 is 0.299 bits per heavy atom. The molecule has 0 spiro atoms. The summed E-state index contributed by atoms with van der Waals surface area (Å²) in [5.41, 5.74) is 9.54. The maximum atomic E-state index is 2.31. The smallest absolute Gasteiger partial charge is 0.0185 e. The van der Waals surface area contributed by atoms with Crippen molar-refractivity contribution >= 4 is 0 Å². The standard InChI is InChI=1S/C14H22.2C13H20.C12H18.C11H16.4CH4/c1-14(2,3)12-8-7-11-13-9-5-4-6-10-13;1-11(10-13(2,3)4)12-8-6-5-7-9-12;1-13(2,3)11-7-10-12-8-5-4-6-9-12;1-12(2,3)10-9-11-7-5-4-6-8-11;1-11(2,3)9-10-7-5-4-6-8-10;;;;/h4-6,9-10H,7-8,11-12H2,1-3H3;5-9,11H,10H2,1-4H3;4-6,8-9H,7,10-11H2,1-3H3;4-8H,9-10H2,1-3H3;4-8H,9H2,1-3H3;4*1H4. The number of benzene rings is 5. The molecule has 0 N–H and O–H groups in total. The number of aryl methyl sites for hydroxylation is 3.